The number of ether oxygens (including phenoxy) is 1. The molecule has 0 radical (unpaired) electrons. The minimum absolute atomic E-state index is 0. The van der Waals surface area contributed by atoms with E-state index in [0.717, 1.165) is 39.1 Å². The zero-order chi connectivity index (χ0) is 10.7. The van der Waals surface area contributed by atoms with Crippen molar-refractivity contribution in [3.8, 4) is 0 Å². The van der Waals surface area contributed by atoms with Gasteiger partial charge < -0.3 is 15.0 Å². The molecular formula is C11H21ClN2O2. The number of nitrogens with zero attached hydrogens (tertiary/aromatic N) is 1. The molecule has 2 fully saturated rings. The Morgan fingerprint density at radius 1 is 1.56 bits per heavy atom. The fourth-order valence-corrected chi connectivity index (χ4v) is 2.37. The molecule has 0 bridgehead atoms. The van der Waals surface area contributed by atoms with Crippen LogP contribution in [0.3, 0.4) is 0 Å². The lowest BCUT2D eigenvalue weighted by Crippen LogP contribution is -2.43. The molecule has 0 aromatic rings. The third kappa shape index (κ3) is 3.34. The standard InChI is InChI=1S/C11H20N2O2.ClH/c1-9-3-2-5-13(9)11(14)7-10-8-12-4-6-15-10;/h9-10,12H,2-8H2,1H3;1H. The van der Waals surface area contributed by atoms with Gasteiger partial charge in [-0.15, -0.1) is 12.4 Å². The van der Waals surface area contributed by atoms with Crippen molar-refractivity contribution in [2.45, 2.75) is 38.3 Å². The number of morpholine rings is 1. The molecule has 2 rings (SSSR count). The molecule has 2 atom stereocenters. The summed E-state index contributed by atoms with van der Waals surface area (Å²) in [6.07, 6.45) is 2.92. The first-order chi connectivity index (χ1) is 7.27. The quantitative estimate of drug-likeness (QED) is 0.786. The second kappa shape index (κ2) is 6.42. The lowest BCUT2D eigenvalue weighted by atomic mass is 10.2. The lowest BCUT2D eigenvalue weighted by Gasteiger charge is -2.27. The Balaban J connectivity index is 0.00000128. The van der Waals surface area contributed by atoms with Crippen LogP contribution in [-0.2, 0) is 9.53 Å². The van der Waals surface area contributed by atoms with Crippen LogP contribution >= 0.6 is 12.4 Å². The smallest absolute Gasteiger partial charge is 0.225 e. The van der Waals surface area contributed by atoms with E-state index in [-0.39, 0.29) is 24.4 Å². The average molecular weight is 249 g/mol. The number of likely N-dealkylation sites (tertiary alicyclic amines) is 1. The molecule has 2 aliphatic rings. The molecule has 2 saturated heterocycles. The van der Waals surface area contributed by atoms with E-state index in [1.807, 2.05) is 4.90 Å². The summed E-state index contributed by atoms with van der Waals surface area (Å²) in [7, 11) is 0. The van der Waals surface area contributed by atoms with E-state index < -0.39 is 0 Å². The van der Waals surface area contributed by atoms with Gasteiger partial charge in [-0.3, -0.25) is 4.79 Å². The van der Waals surface area contributed by atoms with Crippen LogP contribution in [0.15, 0.2) is 0 Å². The predicted octanol–water partition coefficient (Wildman–Crippen LogP) is 0.798. The number of nitrogens with one attached hydrogen (secondary N) is 1. The molecule has 2 unspecified atom stereocenters. The number of hydrogen-bond acceptors (Lipinski definition) is 3. The maximum absolute atomic E-state index is 11.9. The maximum Gasteiger partial charge on any atom is 0.225 e. The van der Waals surface area contributed by atoms with E-state index in [2.05, 4.69) is 12.2 Å². The summed E-state index contributed by atoms with van der Waals surface area (Å²) in [5.41, 5.74) is 0. The number of amides is 1. The highest BCUT2D eigenvalue weighted by Crippen LogP contribution is 2.18. The molecule has 0 aliphatic carbocycles. The number of carbonyl (C=O) groups excluding carboxylic acids is 1. The Morgan fingerprint density at radius 2 is 2.38 bits per heavy atom. The van der Waals surface area contributed by atoms with Gasteiger partial charge in [-0.1, -0.05) is 0 Å². The van der Waals surface area contributed by atoms with Crippen molar-refractivity contribution in [2.24, 2.45) is 0 Å². The Kier molecular flexibility index (Phi) is 5.52. The molecule has 0 spiro atoms. The Bertz CT molecular complexity index is 232. The van der Waals surface area contributed by atoms with E-state index in [0.29, 0.717) is 12.5 Å². The van der Waals surface area contributed by atoms with E-state index in [1.165, 1.54) is 0 Å². The van der Waals surface area contributed by atoms with Gasteiger partial charge in [0, 0.05) is 25.7 Å². The minimum Gasteiger partial charge on any atom is -0.375 e. The summed E-state index contributed by atoms with van der Waals surface area (Å²) in [6, 6.07) is 0.425. The van der Waals surface area contributed by atoms with Gasteiger partial charge in [0.25, 0.3) is 0 Å². The Labute approximate surface area is 103 Å². The van der Waals surface area contributed by atoms with Gasteiger partial charge in [0.1, 0.15) is 0 Å². The monoisotopic (exact) mass is 248 g/mol. The molecule has 16 heavy (non-hydrogen) atoms. The molecule has 2 heterocycles. The van der Waals surface area contributed by atoms with E-state index in [9.17, 15) is 4.79 Å². The summed E-state index contributed by atoms with van der Waals surface area (Å²) in [5.74, 6) is 0.258. The van der Waals surface area contributed by atoms with Crippen LogP contribution in [0.2, 0.25) is 0 Å². The van der Waals surface area contributed by atoms with Gasteiger partial charge in [-0.2, -0.15) is 0 Å². The zero-order valence-electron chi connectivity index (χ0n) is 9.78. The van der Waals surface area contributed by atoms with Gasteiger partial charge >= 0.3 is 0 Å². The van der Waals surface area contributed by atoms with Gasteiger partial charge in [-0.05, 0) is 19.8 Å². The predicted molar refractivity (Wildman–Crippen MR) is 64.9 cm³/mol. The molecule has 94 valence electrons. The average Bonchev–Trinajstić information content (AvgIpc) is 2.66. The van der Waals surface area contributed by atoms with Crippen LogP contribution in [0.25, 0.3) is 0 Å². The summed E-state index contributed by atoms with van der Waals surface area (Å²) in [5, 5.41) is 3.25. The molecule has 2 aliphatic heterocycles. The molecule has 5 heteroatoms. The number of carbonyl (C=O) groups is 1. The minimum atomic E-state index is 0. The maximum atomic E-state index is 11.9. The second-order valence-corrected chi connectivity index (χ2v) is 4.48. The summed E-state index contributed by atoms with van der Waals surface area (Å²) >= 11 is 0. The molecule has 0 aromatic heterocycles. The fraction of sp³-hybridized carbons (Fsp3) is 0.909. The van der Waals surface area contributed by atoms with Crippen molar-refractivity contribution in [1.82, 2.24) is 10.2 Å². The van der Waals surface area contributed by atoms with Gasteiger partial charge in [0.15, 0.2) is 0 Å². The molecular weight excluding hydrogens is 228 g/mol. The first-order valence-corrected chi connectivity index (χ1v) is 5.89. The van der Waals surface area contributed by atoms with Crippen molar-refractivity contribution in [3.63, 3.8) is 0 Å². The summed E-state index contributed by atoms with van der Waals surface area (Å²) < 4.78 is 5.53. The Hall–Kier alpha value is -0.320. The van der Waals surface area contributed by atoms with Crippen LogP contribution in [0.1, 0.15) is 26.2 Å². The van der Waals surface area contributed by atoms with Crippen molar-refractivity contribution in [1.29, 1.82) is 0 Å². The third-order valence-corrected chi connectivity index (χ3v) is 3.28. The Morgan fingerprint density at radius 3 is 2.94 bits per heavy atom. The third-order valence-electron chi connectivity index (χ3n) is 3.28. The first kappa shape index (κ1) is 13.7. The largest absolute Gasteiger partial charge is 0.375 e. The highest BCUT2D eigenvalue weighted by Gasteiger charge is 2.27. The fourth-order valence-electron chi connectivity index (χ4n) is 2.37. The van der Waals surface area contributed by atoms with E-state index in [4.69, 9.17) is 4.74 Å². The normalized spacial score (nSPS) is 29.9. The van der Waals surface area contributed by atoms with Gasteiger partial charge in [0.2, 0.25) is 5.91 Å². The summed E-state index contributed by atoms with van der Waals surface area (Å²) in [4.78, 5) is 13.9. The van der Waals surface area contributed by atoms with Gasteiger partial charge in [-0.25, -0.2) is 0 Å². The second-order valence-electron chi connectivity index (χ2n) is 4.48. The molecule has 0 aromatic carbocycles. The highest BCUT2D eigenvalue weighted by atomic mass is 35.5. The lowest BCUT2D eigenvalue weighted by molar-refractivity contribution is -0.135. The molecule has 1 N–H and O–H groups in total. The SMILES string of the molecule is CC1CCCN1C(=O)CC1CNCCO1.Cl. The number of halogens is 1. The van der Waals surface area contributed by atoms with Crippen LogP contribution in [-0.4, -0.2) is 49.2 Å². The van der Waals surface area contributed by atoms with E-state index >= 15 is 0 Å². The molecule has 4 nitrogen and oxygen atoms in total. The molecule has 0 saturated carbocycles. The first-order valence-electron chi connectivity index (χ1n) is 5.89. The molecule has 1 amide bonds. The van der Waals surface area contributed by atoms with Crippen molar-refractivity contribution in [3.05, 3.63) is 0 Å². The van der Waals surface area contributed by atoms with Crippen molar-refractivity contribution < 1.29 is 9.53 Å². The summed E-state index contributed by atoms with van der Waals surface area (Å²) in [6.45, 7) is 5.51. The highest BCUT2D eigenvalue weighted by molar-refractivity contribution is 5.85. The number of rotatable bonds is 2. The van der Waals surface area contributed by atoms with Crippen LogP contribution < -0.4 is 5.32 Å². The van der Waals surface area contributed by atoms with E-state index in [1.54, 1.807) is 0 Å². The zero-order valence-corrected chi connectivity index (χ0v) is 10.6. The van der Waals surface area contributed by atoms with Crippen LogP contribution in [0.4, 0.5) is 0 Å². The van der Waals surface area contributed by atoms with Crippen LogP contribution in [0.5, 0.6) is 0 Å². The van der Waals surface area contributed by atoms with Crippen molar-refractivity contribution in [2.75, 3.05) is 26.2 Å². The topological polar surface area (TPSA) is 41.6 Å². The van der Waals surface area contributed by atoms with Crippen molar-refractivity contribution >= 4 is 18.3 Å². The number of hydrogen-bond donors (Lipinski definition) is 1. The van der Waals surface area contributed by atoms with Gasteiger partial charge in [0.05, 0.1) is 19.1 Å². The van der Waals surface area contributed by atoms with Crippen LogP contribution in [0, 0.1) is 0 Å².